The van der Waals surface area contributed by atoms with E-state index >= 15 is 0 Å². The van der Waals surface area contributed by atoms with Gasteiger partial charge in [-0.05, 0) is 36.8 Å². The highest BCUT2D eigenvalue weighted by molar-refractivity contribution is 7.12. The average Bonchev–Trinajstić information content (AvgIpc) is 3.02. The molecular weight excluding hydrogens is 322 g/mol. The molecule has 1 N–H and O–H groups in total. The minimum Gasteiger partial charge on any atom is -0.451 e. The summed E-state index contributed by atoms with van der Waals surface area (Å²) < 4.78 is 5.17. The second-order valence-electron chi connectivity index (χ2n) is 6.21. The van der Waals surface area contributed by atoms with Gasteiger partial charge in [-0.3, -0.25) is 4.79 Å². The fourth-order valence-electron chi connectivity index (χ4n) is 2.09. The molecule has 4 nitrogen and oxygen atoms in total. The second kappa shape index (κ2) is 8.11. The predicted molar refractivity (Wildman–Crippen MR) is 97.2 cm³/mol. The van der Waals surface area contributed by atoms with Crippen molar-refractivity contribution in [3.8, 4) is 11.1 Å². The number of thiophene rings is 1. The van der Waals surface area contributed by atoms with Crippen molar-refractivity contribution in [1.29, 1.82) is 0 Å². The highest BCUT2D eigenvalue weighted by Crippen LogP contribution is 2.29. The number of nitrogens with one attached hydrogen (secondary N) is 1. The van der Waals surface area contributed by atoms with Crippen LogP contribution in [0.3, 0.4) is 0 Å². The molecule has 0 spiro atoms. The first-order chi connectivity index (χ1) is 11.4. The van der Waals surface area contributed by atoms with Crippen LogP contribution in [0.5, 0.6) is 0 Å². The van der Waals surface area contributed by atoms with Crippen molar-refractivity contribution >= 4 is 23.2 Å². The zero-order chi connectivity index (χ0) is 17.7. The van der Waals surface area contributed by atoms with E-state index in [9.17, 15) is 9.59 Å². The number of rotatable bonds is 6. The fourth-order valence-corrected chi connectivity index (χ4v) is 2.89. The highest BCUT2D eigenvalue weighted by atomic mass is 32.1. The molecule has 128 valence electrons. The second-order valence-corrected chi connectivity index (χ2v) is 7.12. The van der Waals surface area contributed by atoms with Gasteiger partial charge in [0, 0.05) is 11.6 Å². The summed E-state index contributed by atoms with van der Waals surface area (Å²) >= 11 is 1.32. The average molecular weight is 345 g/mol. The summed E-state index contributed by atoms with van der Waals surface area (Å²) in [6, 6.07) is 9.90. The Morgan fingerprint density at radius 3 is 2.42 bits per heavy atom. The molecule has 0 bridgehead atoms. The fraction of sp³-hybridized carbons (Fsp3) is 0.368. The van der Waals surface area contributed by atoms with Crippen molar-refractivity contribution < 1.29 is 14.3 Å². The van der Waals surface area contributed by atoms with Crippen molar-refractivity contribution in [2.45, 2.75) is 33.7 Å². The minimum absolute atomic E-state index is 0.0426. The van der Waals surface area contributed by atoms with E-state index in [2.05, 4.69) is 5.32 Å². The predicted octanol–water partition coefficient (Wildman–Crippen LogP) is 4.04. The molecule has 1 aromatic carbocycles. The lowest BCUT2D eigenvalue weighted by Gasteiger charge is -2.17. The Hall–Kier alpha value is -2.14. The van der Waals surface area contributed by atoms with E-state index in [1.807, 2.05) is 63.4 Å². The SMILES string of the molecule is Cc1ccc(-c2ccsc2C(=O)OCC(=O)N[C@@H](C)C(C)C)cc1. The molecule has 2 rings (SSSR count). The van der Waals surface area contributed by atoms with Gasteiger partial charge in [-0.2, -0.15) is 0 Å². The number of ether oxygens (including phenoxy) is 1. The maximum absolute atomic E-state index is 12.3. The van der Waals surface area contributed by atoms with Gasteiger partial charge in [0.2, 0.25) is 0 Å². The van der Waals surface area contributed by atoms with E-state index in [1.165, 1.54) is 11.3 Å². The van der Waals surface area contributed by atoms with Gasteiger partial charge in [0.1, 0.15) is 4.88 Å². The Labute approximate surface area is 146 Å². The van der Waals surface area contributed by atoms with Crippen molar-refractivity contribution in [3.63, 3.8) is 0 Å². The van der Waals surface area contributed by atoms with E-state index in [0.717, 1.165) is 16.7 Å². The minimum atomic E-state index is -0.465. The normalized spacial score (nSPS) is 12.0. The molecule has 5 heteroatoms. The molecule has 0 aliphatic rings. The monoisotopic (exact) mass is 345 g/mol. The number of benzene rings is 1. The van der Waals surface area contributed by atoms with Crippen molar-refractivity contribution in [2.24, 2.45) is 5.92 Å². The number of amides is 1. The van der Waals surface area contributed by atoms with Crippen molar-refractivity contribution in [3.05, 3.63) is 46.2 Å². The molecule has 1 amide bonds. The number of hydrogen-bond donors (Lipinski definition) is 1. The summed E-state index contributed by atoms with van der Waals surface area (Å²) in [5, 5.41) is 4.67. The maximum atomic E-state index is 12.3. The Morgan fingerprint density at radius 2 is 1.79 bits per heavy atom. The molecule has 0 unspecified atom stereocenters. The third kappa shape index (κ3) is 4.68. The molecule has 24 heavy (non-hydrogen) atoms. The number of hydrogen-bond acceptors (Lipinski definition) is 4. The Morgan fingerprint density at radius 1 is 1.12 bits per heavy atom. The van der Waals surface area contributed by atoms with Crippen LogP contribution < -0.4 is 5.32 Å². The zero-order valence-electron chi connectivity index (χ0n) is 14.5. The molecule has 2 aromatic rings. The third-order valence-electron chi connectivity index (χ3n) is 3.94. The summed E-state index contributed by atoms with van der Waals surface area (Å²) in [6.45, 7) is 7.73. The molecular formula is C19H23NO3S. The number of aryl methyl sites for hydroxylation is 1. The summed E-state index contributed by atoms with van der Waals surface area (Å²) in [7, 11) is 0. The standard InChI is InChI=1S/C19H23NO3S/c1-12(2)14(4)20-17(21)11-23-19(22)18-16(9-10-24-18)15-7-5-13(3)6-8-15/h5-10,12,14H,11H2,1-4H3,(H,20,21)/t14-/m0/s1. The van der Waals surface area contributed by atoms with Crippen LogP contribution in [0, 0.1) is 12.8 Å². The molecule has 0 aliphatic heterocycles. The maximum Gasteiger partial charge on any atom is 0.349 e. The number of carbonyl (C=O) groups excluding carboxylic acids is 2. The van der Waals surface area contributed by atoms with Gasteiger partial charge in [-0.1, -0.05) is 43.7 Å². The molecule has 1 aromatic heterocycles. The van der Waals surface area contributed by atoms with Crippen LogP contribution in [-0.4, -0.2) is 24.5 Å². The molecule has 0 saturated carbocycles. The van der Waals surface area contributed by atoms with Crippen LogP contribution >= 0.6 is 11.3 Å². The van der Waals surface area contributed by atoms with E-state index in [4.69, 9.17) is 4.74 Å². The van der Waals surface area contributed by atoms with Gasteiger partial charge < -0.3 is 10.1 Å². The molecule has 1 heterocycles. The smallest absolute Gasteiger partial charge is 0.349 e. The van der Waals surface area contributed by atoms with Crippen molar-refractivity contribution in [2.75, 3.05) is 6.61 Å². The lowest BCUT2D eigenvalue weighted by atomic mass is 10.1. The first kappa shape index (κ1) is 18.2. The van der Waals surface area contributed by atoms with Crippen molar-refractivity contribution in [1.82, 2.24) is 5.32 Å². The Kier molecular flexibility index (Phi) is 6.15. The molecule has 0 saturated heterocycles. The van der Waals surface area contributed by atoms with E-state index in [0.29, 0.717) is 10.8 Å². The zero-order valence-corrected chi connectivity index (χ0v) is 15.3. The quantitative estimate of drug-likeness (QED) is 0.804. The van der Waals surface area contributed by atoms with Crippen LogP contribution in [-0.2, 0) is 9.53 Å². The van der Waals surface area contributed by atoms with Gasteiger partial charge in [-0.25, -0.2) is 4.79 Å². The first-order valence-corrected chi connectivity index (χ1v) is 8.87. The van der Waals surface area contributed by atoms with Crippen LogP contribution in [0.1, 0.15) is 36.0 Å². The first-order valence-electron chi connectivity index (χ1n) is 7.99. The third-order valence-corrected chi connectivity index (χ3v) is 4.83. The van der Waals surface area contributed by atoms with E-state index in [-0.39, 0.29) is 18.6 Å². The summed E-state index contributed by atoms with van der Waals surface area (Å²) in [5.74, 6) is -0.416. The van der Waals surface area contributed by atoms with Crippen LogP contribution in [0.15, 0.2) is 35.7 Å². The Balaban J connectivity index is 2.00. The molecule has 1 atom stereocenters. The van der Waals surface area contributed by atoms with Gasteiger partial charge in [0.25, 0.3) is 5.91 Å². The summed E-state index contributed by atoms with van der Waals surface area (Å²) in [6.07, 6.45) is 0. The van der Waals surface area contributed by atoms with Gasteiger partial charge in [0.05, 0.1) is 0 Å². The summed E-state index contributed by atoms with van der Waals surface area (Å²) in [4.78, 5) is 24.7. The molecule has 0 aliphatic carbocycles. The van der Waals surface area contributed by atoms with E-state index in [1.54, 1.807) is 0 Å². The molecule has 0 fully saturated rings. The number of carbonyl (C=O) groups is 2. The lowest BCUT2D eigenvalue weighted by Crippen LogP contribution is -2.38. The van der Waals surface area contributed by atoms with Gasteiger partial charge in [0.15, 0.2) is 6.61 Å². The van der Waals surface area contributed by atoms with Crippen LogP contribution in [0.2, 0.25) is 0 Å². The number of esters is 1. The summed E-state index contributed by atoms with van der Waals surface area (Å²) in [5.41, 5.74) is 2.96. The van der Waals surface area contributed by atoms with Gasteiger partial charge >= 0.3 is 5.97 Å². The molecule has 0 radical (unpaired) electrons. The Bertz CT molecular complexity index is 704. The largest absolute Gasteiger partial charge is 0.451 e. The topological polar surface area (TPSA) is 55.4 Å². The van der Waals surface area contributed by atoms with E-state index < -0.39 is 5.97 Å². The lowest BCUT2D eigenvalue weighted by molar-refractivity contribution is -0.125. The van der Waals surface area contributed by atoms with Crippen LogP contribution in [0.4, 0.5) is 0 Å². The van der Waals surface area contributed by atoms with Crippen LogP contribution in [0.25, 0.3) is 11.1 Å². The van der Waals surface area contributed by atoms with Gasteiger partial charge in [-0.15, -0.1) is 11.3 Å². The highest BCUT2D eigenvalue weighted by Gasteiger charge is 2.18.